The molecule has 1 atom stereocenters. The number of aromatic nitrogens is 3. The van der Waals surface area contributed by atoms with Crippen LogP contribution in [0.4, 0.5) is 5.82 Å². The predicted octanol–water partition coefficient (Wildman–Crippen LogP) is 1.28. The maximum absolute atomic E-state index is 11.5. The Bertz CT molecular complexity index is 694. The number of aliphatic carboxylic acids is 1. The highest BCUT2D eigenvalue weighted by Gasteiger charge is 2.11. The topological polar surface area (TPSA) is 108 Å². The fourth-order valence-electron chi connectivity index (χ4n) is 1.73. The lowest BCUT2D eigenvalue weighted by atomic mass is 10.2. The van der Waals surface area contributed by atoms with Crippen LogP contribution < -0.4 is 10.9 Å². The van der Waals surface area contributed by atoms with Crippen LogP contribution >= 0.6 is 0 Å². The van der Waals surface area contributed by atoms with E-state index in [1.165, 1.54) is 19.2 Å². The molecule has 3 N–H and O–H groups in total. The zero-order chi connectivity index (χ0) is 15.4. The summed E-state index contributed by atoms with van der Waals surface area (Å²) in [5, 5.41) is 11.6. The van der Waals surface area contributed by atoms with E-state index in [1.54, 1.807) is 12.1 Å². The fraction of sp³-hybridized carbons (Fsp3) is 0.286. The van der Waals surface area contributed by atoms with Crippen LogP contribution in [-0.4, -0.2) is 32.1 Å². The summed E-state index contributed by atoms with van der Waals surface area (Å²) >= 11 is 0. The van der Waals surface area contributed by atoms with Crippen LogP contribution in [-0.2, 0) is 11.2 Å². The number of hydrogen-bond donors (Lipinski definition) is 3. The standard InChI is InChI=1S/C14H16N4O3/c1-3-10-6-12(19)18-13(17-10)9-4-5-11(15-7-9)16-8(2)14(20)21/h4-8H,3H2,1-2H3,(H,15,16)(H,20,21)(H,17,18,19)/t8-/m1/s1. The number of aryl methyl sites for hydroxylation is 1. The van der Waals surface area contributed by atoms with Gasteiger partial charge in [-0.25, -0.2) is 9.97 Å². The fourth-order valence-corrected chi connectivity index (χ4v) is 1.73. The van der Waals surface area contributed by atoms with Gasteiger partial charge >= 0.3 is 5.97 Å². The second-order valence-electron chi connectivity index (χ2n) is 4.58. The number of hydrogen-bond acceptors (Lipinski definition) is 5. The summed E-state index contributed by atoms with van der Waals surface area (Å²) in [5.41, 5.74) is 1.16. The smallest absolute Gasteiger partial charge is 0.325 e. The third kappa shape index (κ3) is 3.65. The van der Waals surface area contributed by atoms with Gasteiger partial charge in [0.15, 0.2) is 0 Å². The Labute approximate surface area is 121 Å². The van der Waals surface area contributed by atoms with Crippen molar-refractivity contribution in [1.29, 1.82) is 0 Å². The maximum atomic E-state index is 11.5. The molecule has 0 spiro atoms. The summed E-state index contributed by atoms with van der Waals surface area (Å²) in [6.45, 7) is 3.45. The molecule has 2 aromatic heterocycles. The first-order chi connectivity index (χ1) is 9.99. The third-order valence-electron chi connectivity index (χ3n) is 2.93. The first-order valence-corrected chi connectivity index (χ1v) is 6.55. The number of aromatic amines is 1. The van der Waals surface area contributed by atoms with E-state index in [-0.39, 0.29) is 5.56 Å². The molecule has 0 saturated carbocycles. The first-order valence-electron chi connectivity index (χ1n) is 6.55. The quantitative estimate of drug-likeness (QED) is 0.765. The van der Waals surface area contributed by atoms with Crippen LogP contribution in [0.15, 0.2) is 29.2 Å². The summed E-state index contributed by atoms with van der Waals surface area (Å²) in [5.74, 6) is -0.0603. The lowest BCUT2D eigenvalue weighted by molar-refractivity contribution is -0.137. The van der Waals surface area contributed by atoms with Crippen molar-refractivity contribution < 1.29 is 9.90 Å². The highest BCUT2D eigenvalue weighted by Crippen LogP contribution is 2.15. The highest BCUT2D eigenvalue weighted by atomic mass is 16.4. The van der Waals surface area contributed by atoms with E-state index in [1.807, 2.05) is 6.92 Å². The predicted molar refractivity (Wildman–Crippen MR) is 78.2 cm³/mol. The molecular weight excluding hydrogens is 272 g/mol. The van der Waals surface area contributed by atoms with Crippen molar-refractivity contribution in [3.8, 4) is 11.4 Å². The molecule has 0 aliphatic rings. The van der Waals surface area contributed by atoms with Gasteiger partial charge in [0.1, 0.15) is 17.7 Å². The molecule has 0 fully saturated rings. The summed E-state index contributed by atoms with van der Waals surface area (Å²) in [7, 11) is 0. The molecule has 0 saturated heterocycles. The maximum Gasteiger partial charge on any atom is 0.325 e. The lowest BCUT2D eigenvalue weighted by Crippen LogP contribution is -2.25. The molecule has 110 valence electrons. The molecule has 7 heteroatoms. The Kier molecular flexibility index (Phi) is 4.32. The minimum absolute atomic E-state index is 0.210. The average Bonchev–Trinajstić information content (AvgIpc) is 2.47. The molecule has 21 heavy (non-hydrogen) atoms. The molecule has 0 aliphatic carbocycles. The van der Waals surface area contributed by atoms with Crippen LogP contribution in [0.25, 0.3) is 11.4 Å². The number of pyridine rings is 1. The Hall–Kier alpha value is -2.70. The molecular formula is C14H16N4O3. The molecule has 2 aromatic rings. The van der Waals surface area contributed by atoms with Gasteiger partial charge in [-0.1, -0.05) is 6.92 Å². The van der Waals surface area contributed by atoms with Gasteiger partial charge in [0.25, 0.3) is 5.56 Å². The number of carboxylic acid groups (broad SMARTS) is 1. The summed E-state index contributed by atoms with van der Waals surface area (Å²) in [4.78, 5) is 33.4. The monoisotopic (exact) mass is 288 g/mol. The van der Waals surface area contributed by atoms with Crippen molar-refractivity contribution in [3.63, 3.8) is 0 Å². The second kappa shape index (κ2) is 6.17. The van der Waals surface area contributed by atoms with E-state index in [0.717, 1.165) is 0 Å². The minimum atomic E-state index is -0.956. The molecule has 0 bridgehead atoms. The number of carbonyl (C=O) groups is 1. The summed E-state index contributed by atoms with van der Waals surface area (Å²) in [6.07, 6.45) is 2.20. The van der Waals surface area contributed by atoms with E-state index in [2.05, 4.69) is 20.3 Å². The molecule has 0 unspecified atom stereocenters. The van der Waals surface area contributed by atoms with Crippen LogP contribution in [0, 0.1) is 0 Å². The second-order valence-corrected chi connectivity index (χ2v) is 4.58. The number of carboxylic acids is 1. The van der Waals surface area contributed by atoms with E-state index in [9.17, 15) is 9.59 Å². The first kappa shape index (κ1) is 14.7. The SMILES string of the molecule is CCc1cc(=O)[nH]c(-c2ccc(N[C@H](C)C(=O)O)nc2)n1. The number of anilines is 1. The number of nitrogens with one attached hydrogen (secondary N) is 2. The van der Waals surface area contributed by atoms with Crippen LogP contribution in [0.1, 0.15) is 19.5 Å². The highest BCUT2D eigenvalue weighted by molar-refractivity contribution is 5.76. The Morgan fingerprint density at radius 2 is 2.24 bits per heavy atom. The summed E-state index contributed by atoms with van der Waals surface area (Å²) in [6, 6.07) is 4.10. The molecule has 0 amide bonds. The van der Waals surface area contributed by atoms with Gasteiger partial charge in [-0.15, -0.1) is 0 Å². The van der Waals surface area contributed by atoms with Gasteiger partial charge in [0.2, 0.25) is 0 Å². The normalized spacial score (nSPS) is 11.9. The number of H-pyrrole nitrogens is 1. The molecule has 7 nitrogen and oxygen atoms in total. The lowest BCUT2D eigenvalue weighted by Gasteiger charge is -2.10. The van der Waals surface area contributed by atoms with Crippen LogP contribution in [0.5, 0.6) is 0 Å². The van der Waals surface area contributed by atoms with Crippen molar-refractivity contribution >= 4 is 11.8 Å². The van der Waals surface area contributed by atoms with Gasteiger partial charge in [-0.05, 0) is 25.5 Å². The van der Waals surface area contributed by atoms with E-state index in [0.29, 0.717) is 29.3 Å². The molecule has 2 heterocycles. The van der Waals surface area contributed by atoms with E-state index < -0.39 is 12.0 Å². The van der Waals surface area contributed by atoms with Crippen molar-refractivity contribution in [2.45, 2.75) is 26.3 Å². The summed E-state index contributed by atoms with van der Waals surface area (Å²) < 4.78 is 0. The van der Waals surface area contributed by atoms with Gasteiger partial charge < -0.3 is 15.4 Å². The average molecular weight is 288 g/mol. The largest absolute Gasteiger partial charge is 0.480 e. The van der Waals surface area contributed by atoms with Crippen molar-refractivity contribution in [1.82, 2.24) is 15.0 Å². The van der Waals surface area contributed by atoms with Gasteiger partial charge in [-0.3, -0.25) is 9.59 Å². The molecule has 0 aromatic carbocycles. The van der Waals surface area contributed by atoms with Gasteiger partial charge in [-0.2, -0.15) is 0 Å². The van der Waals surface area contributed by atoms with E-state index >= 15 is 0 Å². The zero-order valence-corrected chi connectivity index (χ0v) is 11.8. The van der Waals surface area contributed by atoms with Crippen LogP contribution in [0.2, 0.25) is 0 Å². The Balaban J connectivity index is 2.25. The van der Waals surface area contributed by atoms with Crippen molar-refractivity contribution in [2.24, 2.45) is 0 Å². The Morgan fingerprint density at radius 3 is 2.81 bits per heavy atom. The molecule has 0 radical (unpaired) electrons. The number of nitrogens with zero attached hydrogens (tertiary/aromatic N) is 2. The minimum Gasteiger partial charge on any atom is -0.480 e. The molecule has 0 aliphatic heterocycles. The third-order valence-corrected chi connectivity index (χ3v) is 2.93. The van der Waals surface area contributed by atoms with Crippen LogP contribution in [0.3, 0.4) is 0 Å². The van der Waals surface area contributed by atoms with Gasteiger partial charge in [0, 0.05) is 23.5 Å². The van der Waals surface area contributed by atoms with E-state index in [4.69, 9.17) is 5.11 Å². The Morgan fingerprint density at radius 1 is 1.48 bits per heavy atom. The van der Waals surface area contributed by atoms with Crippen molar-refractivity contribution in [2.75, 3.05) is 5.32 Å². The van der Waals surface area contributed by atoms with Crippen molar-refractivity contribution in [3.05, 3.63) is 40.4 Å². The number of rotatable bonds is 5. The molecule has 2 rings (SSSR count). The van der Waals surface area contributed by atoms with Gasteiger partial charge in [0.05, 0.1) is 0 Å². The zero-order valence-electron chi connectivity index (χ0n) is 11.8.